The maximum atomic E-state index is 4.94. The fraction of sp³-hybridized carbons (Fsp3) is 1.00. The second-order valence-electron chi connectivity index (χ2n) is 1.22. The van der Waals surface area contributed by atoms with Crippen molar-refractivity contribution in [3.8, 4) is 0 Å². The minimum Gasteiger partial charge on any atom is -0.870 e. The van der Waals surface area contributed by atoms with E-state index in [1.54, 1.807) is 0 Å². The van der Waals surface area contributed by atoms with Crippen LogP contribution in [0.4, 0.5) is 0 Å². The number of ether oxygens (including phenoxy) is 2. The minimum atomic E-state index is 0. The van der Waals surface area contributed by atoms with Gasteiger partial charge in [-0.05, 0) is 0 Å². The van der Waals surface area contributed by atoms with E-state index in [9.17, 15) is 0 Å². The van der Waals surface area contributed by atoms with Crippen LogP contribution in [0, 0.1) is 0 Å². The van der Waals surface area contributed by atoms with Crippen molar-refractivity contribution < 1.29 is 39.3 Å². The van der Waals surface area contributed by atoms with Gasteiger partial charge in [-0.25, -0.2) is 0 Å². The Kier molecular flexibility index (Phi) is 20.3. The van der Waals surface area contributed by atoms with Crippen LogP contribution in [0.1, 0.15) is 0 Å². The molecule has 4 nitrogen and oxygen atoms in total. The topological polar surface area (TPSA) is 80.0 Å². The van der Waals surface area contributed by atoms with E-state index in [0.29, 0.717) is 0 Å². The van der Waals surface area contributed by atoms with Gasteiger partial charge in [0, 0.05) is 0 Å². The van der Waals surface area contributed by atoms with Crippen molar-refractivity contribution in [1.29, 1.82) is 0 Å². The van der Waals surface area contributed by atoms with Crippen molar-refractivity contribution in [3.63, 3.8) is 0 Å². The average molecular weight is 130 g/mol. The van der Waals surface area contributed by atoms with E-state index in [0.717, 1.165) is 26.4 Å². The van der Waals surface area contributed by atoms with Crippen LogP contribution in [-0.2, 0) is 9.47 Å². The van der Waals surface area contributed by atoms with Crippen LogP contribution in [0.25, 0.3) is 0 Å². The molecule has 0 amide bonds. The Bertz CT molecular complexity index is 28.0. The molecule has 3 N–H and O–H groups in total. The van der Waals surface area contributed by atoms with Crippen LogP contribution in [0.5, 0.6) is 0 Å². The molecule has 1 heterocycles. The largest absolute Gasteiger partial charge is 1.00 e. The molecular formula is C4H11LiO4. The van der Waals surface area contributed by atoms with Gasteiger partial charge >= 0.3 is 18.9 Å². The zero-order chi connectivity index (χ0) is 4.24. The molecule has 0 aliphatic carbocycles. The van der Waals surface area contributed by atoms with Gasteiger partial charge in [-0.2, -0.15) is 0 Å². The fourth-order valence-electron chi connectivity index (χ4n) is 0.440. The smallest absolute Gasteiger partial charge is 0.870 e. The third-order valence-electron chi connectivity index (χ3n) is 0.744. The third-order valence-corrected chi connectivity index (χ3v) is 0.744. The summed E-state index contributed by atoms with van der Waals surface area (Å²) in [6.07, 6.45) is 0. The van der Waals surface area contributed by atoms with Crippen molar-refractivity contribution in [3.05, 3.63) is 0 Å². The van der Waals surface area contributed by atoms with E-state index in [1.807, 2.05) is 0 Å². The normalized spacial score (nSPS) is 16.0. The first-order chi connectivity index (χ1) is 3.00. The van der Waals surface area contributed by atoms with Crippen LogP contribution < -0.4 is 18.9 Å². The summed E-state index contributed by atoms with van der Waals surface area (Å²) >= 11 is 0. The summed E-state index contributed by atoms with van der Waals surface area (Å²) in [6, 6.07) is 0. The fourth-order valence-corrected chi connectivity index (χ4v) is 0.440. The van der Waals surface area contributed by atoms with E-state index >= 15 is 0 Å². The van der Waals surface area contributed by atoms with Gasteiger partial charge < -0.3 is 20.4 Å². The summed E-state index contributed by atoms with van der Waals surface area (Å²) in [5.41, 5.74) is 0. The van der Waals surface area contributed by atoms with E-state index in [4.69, 9.17) is 9.47 Å². The van der Waals surface area contributed by atoms with Crippen molar-refractivity contribution in [1.82, 2.24) is 0 Å². The Balaban J connectivity index is -0.000000120. The number of hydrogen-bond acceptors (Lipinski definition) is 3. The monoisotopic (exact) mass is 130 g/mol. The standard InChI is InChI=1S/C4H8O2.Li.2H2O/c1-2-6-4-3-5-1;;;/h1-4H2;;2*1H2/q;+1;;/p-1. The van der Waals surface area contributed by atoms with Crippen molar-refractivity contribution in [2.24, 2.45) is 0 Å². The molecule has 0 unspecified atom stereocenters. The Hall–Kier alpha value is 0.437. The molecule has 5 heteroatoms. The van der Waals surface area contributed by atoms with Crippen molar-refractivity contribution >= 4 is 0 Å². The van der Waals surface area contributed by atoms with E-state index in [2.05, 4.69) is 0 Å². The predicted octanol–water partition coefficient (Wildman–Crippen LogP) is -3.96. The quantitative estimate of drug-likeness (QED) is 0.314. The molecule has 9 heavy (non-hydrogen) atoms. The molecule has 1 fully saturated rings. The van der Waals surface area contributed by atoms with Crippen molar-refractivity contribution in [2.45, 2.75) is 0 Å². The maximum absolute atomic E-state index is 4.94. The summed E-state index contributed by atoms with van der Waals surface area (Å²) in [7, 11) is 0. The first-order valence-electron chi connectivity index (χ1n) is 2.15. The molecule has 0 aromatic heterocycles. The summed E-state index contributed by atoms with van der Waals surface area (Å²) in [6.45, 7) is 3.11. The molecule has 52 valence electrons. The summed E-state index contributed by atoms with van der Waals surface area (Å²) in [5.74, 6) is 0. The number of hydrogen-bond donors (Lipinski definition) is 0. The van der Waals surface area contributed by atoms with E-state index < -0.39 is 0 Å². The van der Waals surface area contributed by atoms with E-state index in [-0.39, 0.29) is 29.8 Å². The molecule has 1 aliphatic rings. The molecule has 1 aliphatic heterocycles. The SMILES string of the molecule is C1COCCO1.O.[Li+].[OH-]. The van der Waals surface area contributed by atoms with Gasteiger partial charge in [0.15, 0.2) is 0 Å². The molecule has 0 spiro atoms. The molecule has 0 aromatic carbocycles. The summed E-state index contributed by atoms with van der Waals surface area (Å²) < 4.78 is 9.89. The van der Waals surface area contributed by atoms with Crippen LogP contribution in [0.15, 0.2) is 0 Å². The first-order valence-corrected chi connectivity index (χ1v) is 2.15. The summed E-state index contributed by atoms with van der Waals surface area (Å²) in [4.78, 5) is 0. The van der Waals surface area contributed by atoms with Gasteiger partial charge in [0.1, 0.15) is 0 Å². The Morgan fingerprint density at radius 2 is 1.00 bits per heavy atom. The zero-order valence-corrected chi connectivity index (χ0v) is 5.59. The van der Waals surface area contributed by atoms with Gasteiger partial charge in [-0.15, -0.1) is 0 Å². The van der Waals surface area contributed by atoms with Crippen LogP contribution in [0.2, 0.25) is 0 Å². The maximum Gasteiger partial charge on any atom is 1.00 e. The van der Waals surface area contributed by atoms with Gasteiger partial charge in [0.2, 0.25) is 0 Å². The van der Waals surface area contributed by atoms with Crippen LogP contribution in [-0.4, -0.2) is 37.4 Å². The molecule has 0 aromatic rings. The average Bonchev–Trinajstić information content (AvgIpc) is 1.72. The predicted molar refractivity (Wildman–Crippen MR) is 27.2 cm³/mol. The van der Waals surface area contributed by atoms with E-state index in [1.165, 1.54) is 0 Å². The Morgan fingerprint density at radius 1 is 0.778 bits per heavy atom. The summed E-state index contributed by atoms with van der Waals surface area (Å²) in [5, 5.41) is 0. The van der Waals surface area contributed by atoms with Gasteiger partial charge in [-0.3, -0.25) is 0 Å². The third kappa shape index (κ3) is 8.44. The van der Waals surface area contributed by atoms with Crippen LogP contribution >= 0.6 is 0 Å². The van der Waals surface area contributed by atoms with Crippen molar-refractivity contribution in [2.75, 3.05) is 26.4 Å². The Labute approximate surface area is 66.3 Å². The number of rotatable bonds is 0. The molecule has 0 atom stereocenters. The molecule has 1 saturated heterocycles. The Morgan fingerprint density at radius 3 is 1.11 bits per heavy atom. The molecule has 0 saturated carbocycles. The first kappa shape index (κ1) is 16.2. The van der Waals surface area contributed by atoms with Gasteiger partial charge in [0.05, 0.1) is 26.4 Å². The molecule has 0 bridgehead atoms. The molecule has 1 rings (SSSR count). The second kappa shape index (κ2) is 11.3. The van der Waals surface area contributed by atoms with Gasteiger partial charge in [0.25, 0.3) is 0 Å². The van der Waals surface area contributed by atoms with Gasteiger partial charge in [-0.1, -0.05) is 0 Å². The second-order valence-corrected chi connectivity index (χ2v) is 1.22. The zero-order valence-electron chi connectivity index (χ0n) is 5.59. The molecular weight excluding hydrogens is 119 g/mol. The van der Waals surface area contributed by atoms with Crippen LogP contribution in [0.3, 0.4) is 0 Å². The molecule has 0 radical (unpaired) electrons. The minimum absolute atomic E-state index is 0.